The van der Waals surface area contributed by atoms with Gasteiger partial charge in [0.05, 0.1) is 6.20 Å². The summed E-state index contributed by atoms with van der Waals surface area (Å²) < 4.78 is 36.1. The maximum atomic E-state index is 11.8. The molecule has 10 heavy (non-hydrogen) atoms. The summed E-state index contributed by atoms with van der Waals surface area (Å²) in [7, 11) is -4.48. The van der Waals surface area contributed by atoms with E-state index >= 15 is 0 Å². The Morgan fingerprint density at radius 3 is 2.80 bits per heavy atom. The highest BCUT2D eigenvalue weighted by Crippen LogP contribution is 2.04. The number of halogens is 1. The largest absolute Gasteiger partial charge is 0.360 e. The smallest absolute Gasteiger partial charge is 0.309 e. The number of hydrogen-bond acceptors (Lipinski definition) is 4. The van der Waals surface area contributed by atoms with Crippen LogP contribution >= 0.6 is 0 Å². The normalized spacial score (nSPS) is 11.7. The fourth-order valence-corrected chi connectivity index (χ4v) is 0.975. The van der Waals surface area contributed by atoms with Crippen LogP contribution in [-0.4, -0.2) is 13.6 Å². The number of aromatic nitrogens is 1. The summed E-state index contributed by atoms with van der Waals surface area (Å²) in [6.07, 6.45) is 1.25. The van der Waals surface area contributed by atoms with Gasteiger partial charge in [-0.3, -0.25) is 0 Å². The third-order valence-corrected chi connectivity index (χ3v) is 1.44. The molecule has 0 saturated carbocycles. The molecule has 1 rings (SSSR count). The molecule has 0 unspecified atom stereocenters. The van der Waals surface area contributed by atoms with E-state index in [1.54, 1.807) is 0 Å². The van der Waals surface area contributed by atoms with E-state index in [1.807, 2.05) is 0 Å². The standard InChI is InChI=1S/C4H4FNO3S/c5-10(7,8)3-4-1-2-6-9-4/h1-2H,3H2. The molecule has 1 heterocycles. The Kier molecular flexibility index (Phi) is 1.71. The third-order valence-electron chi connectivity index (χ3n) is 0.806. The van der Waals surface area contributed by atoms with Crippen molar-refractivity contribution >= 4 is 10.2 Å². The average Bonchev–Trinajstić information content (AvgIpc) is 2.12. The molecule has 0 radical (unpaired) electrons. The van der Waals surface area contributed by atoms with Crippen LogP contribution in [0.3, 0.4) is 0 Å². The zero-order valence-corrected chi connectivity index (χ0v) is 5.64. The summed E-state index contributed by atoms with van der Waals surface area (Å²) in [4.78, 5) is 0. The van der Waals surface area contributed by atoms with Crippen molar-refractivity contribution in [2.75, 3.05) is 0 Å². The van der Waals surface area contributed by atoms with Gasteiger partial charge in [0.1, 0.15) is 5.75 Å². The molecule has 0 atom stereocenters. The molecule has 0 fully saturated rings. The Labute approximate surface area is 56.8 Å². The quantitative estimate of drug-likeness (QED) is 0.598. The second kappa shape index (κ2) is 2.37. The second-order valence-corrected chi connectivity index (χ2v) is 3.03. The molecule has 0 spiro atoms. The van der Waals surface area contributed by atoms with E-state index in [4.69, 9.17) is 0 Å². The Balaban J connectivity index is 2.75. The van der Waals surface area contributed by atoms with Crippen LogP contribution in [0, 0.1) is 0 Å². The zero-order valence-electron chi connectivity index (χ0n) is 4.82. The van der Waals surface area contributed by atoms with Gasteiger partial charge < -0.3 is 4.52 Å². The molecule has 0 N–H and O–H groups in total. The van der Waals surface area contributed by atoms with E-state index in [0.29, 0.717) is 0 Å². The predicted molar refractivity (Wildman–Crippen MR) is 30.2 cm³/mol. The van der Waals surface area contributed by atoms with E-state index in [1.165, 1.54) is 12.3 Å². The van der Waals surface area contributed by atoms with Gasteiger partial charge in [0.25, 0.3) is 0 Å². The Hall–Kier alpha value is -0.910. The molecule has 0 aromatic carbocycles. The van der Waals surface area contributed by atoms with Crippen LogP contribution in [0.25, 0.3) is 0 Å². The molecule has 0 aliphatic carbocycles. The van der Waals surface area contributed by atoms with Crippen LogP contribution in [0.5, 0.6) is 0 Å². The van der Waals surface area contributed by atoms with Gasteiger partial charge in [0, 0.05) is 6.07 Å². The first-order valence-electron chi connectivity index (χ1n) is 2.40. The van der Waals surface area contributed by atoms with Gasteiger partial charge in [0.2, 0.25) is 0 Å². The number of hydrogen-bond donors (Lipinski definition) is 0. The second-order valence-electron chi connectivity index (χ2n) is 1.66. The van der Waals surface area contributed by atoms with E-state index < -0.39 is 16.0 Å². The van der Waals surface area contributed by atoms with Gasteiger partial charge >= 0.3 is 10.2 Å². The number of rotatable bonds is 2. The zero-order chi connectivity index (χ0) is 7.61. The Morgan fingerprint density at radius 1 is 1.70 bits per heavy atom. The van der Waals surface area contributed by atoms with Crippen LogP contribution in [0.4, 0.5) is 3.89 Å². The minimum absolute atomic E-state index is 0.00231. The maximum Gasteiger partial charge on any atom is 0.309 e. The van der Waals surface area contributed by atoms with Crippen LogP contribution in [0.1, 0.15) is 5.76 Å². The highest BCUT2D eigenvalue weighted by molar-refractivity contribution is 7.85. The lowest BCUT2D eigenvalue weighted by molar-refractivity contribution is 0.391. The molecule has 56 valence electrons. The first-order valence-corrected chi connectivity index (χ1v) is 3.95. The van der Waals surface area contributed by atoms with Crippen molar-refractivity contribution in [1.29, 1.82) is 0 Å². The van der Waals surface area contributed by atoms with Crippen molar-refractivity contribution < 1.29 is 16.8 Å². The first-order chi connectivity index (χ1) is 4.58. The summed E-state index contributed by atoms with van der Waals surface area (Å²) in [5, 5.41) is 3.20. The van der Waals surface area contributed by atoms with Crippen LogP contribution < -0.4 is 0 Å². The van der Waals surface area contributed by atoms with Crippen molar-refractivity contribution in [3.05, 3.63) is 18.0 Å². The van der Waals surface area contributed by atoms with Crippen molar-refractivity contribution in [2.45, 2.75) is 5.75 Å². The van der Waals surface area contributed by atoms with Crippen LogP contribution in [0.2, 0.25) is 0 Å². The lowest BCUT2D eigenvalue weighted by Crippen LogP contribution is -1.93. The molecule has 0 aliphatic heterocycles. The highest BCUT2D eigenvalue weighted by atomic mass is 32.3. The van der Waals surface area contributed by atoms with E-state index in [9.17, 15) is 12.3 Å². The molecule has 0 amide bonds. The number of nitrogens with zero attached hydrogens (tertiary/aromatic N) is 1. The first kappa shape index (κ1) is 7.20. The lowest BCUT2D eigenvalue weighted by atomic mass is 10.5. The van der Waals surface area contributed by atoms with Crippen molar-refractivity contribution in [2.24, 2.45) is 0 Å². The van der Waals surface area contributed by atoms with Crippen LogP contribution in [-0.2, 0) is 16.0 Å². The fourth-order valence-electron chi connectivity index (χ4n) is 0.487. The third kappa shape index (κ3) is 2.14. The fraction of sp³-hybridized carbons (Fsp3) is 0.250. The molecular formula is C4H4FNO3S. The van der Waals surface area contributed by atoms with Gasteiger partial charge in [-0.05, 0) is 0 Å². The monoisotopic (exact) mass is 165 g/mol. The van der Waals surface area contributed by atoms with E-state index in [2.05, 4.69) is 9.68 Å². The van der Waals surface area contributed by atoms with Gasteiger partial charge in [0.15, 0.2) is 5.76 Å². The minimum atomic E-state index is -4.48. The summed E-state index contributed by atoms with van der Waals surface area (Å²) in [6, 6.07) is 1.29. The lowest BCUT2D eigenvalue weighted by Gasteiger charge is -1.85. The maximum absolute atomic E-state index is 11.8. The molecule has 0 saturated heterocycles. The topological polar surface area (TPSA) is 60.2 Å². The van der Waals surface area contributed by atoms with Gasteiger partial charge in [-0.2, -0.15) is 8.42 Å². The van der Waals surface area contributed by atoms with Crippen molar-refractivity contribution in [3.8, 4) is 0 Å². The Bertz CT molecular complexity index is 290. The van der Waals surface area contributed by atoms with Crippen LogP contribution in [0.15, 0.2) is 16.8 Å². The van der Waals surface area contributed by atoms with E-state index in [0.717, 1.165) is 0 Å². The highest BCUT2D eigenvalue weighted by Gasteiger charge is 2.10. The molecule has 1 aromatic rings. The van der Waals surface area contributed by atoms with Gasteiger partial charge in [-0.1, -0.05) is 5.16 Å². The minimum Gasteiger partial charge on any atom is -0.360 e. The van der Waals surface area contributed by atoms with Crippen molar-refractivity contribution in [1.82, 2.24) is 5.16 Å². The molecule has 0 bridgehead atoms. The van der Waals surface area contributed by atoms with Gasteiger partial charge in [-0.15, -0.1) is 3.89 Å². The SMILES string of the molecule is O=S(=O)(F)Cc1ccno1. The van der Waals surface area contributed by atoms with Gasteiger partial charge in [-0.25, -0.2) is 0 Å². The van der Waals surface area contributed by atoms with Crippen molar-refractivity contribution in [3.63, 3.8) is 0 Å². The molecule has 6 heteroatoms. The summed E-state index contributed by atoms with van der Waals surface area (Å²) in [6.45, 7) is 0. The summed E-state index contributed by atoms with van der Waals surface area (Å²) in [5.41, 5.74) is 0. The molecule has 4 nitrogen and oxygen atoms in total. The Morgan fingerprint density at radius 2 is 2.40 bits per heavy atom. The molecule has 1 aromatic heterocycles. The molecular weight excluding hydrogens is 161 g/mol. The summed E-state index contributed by atoms with van der Waals surface area (Å²) in [5.74, 6) is -0.741. The van der Waals surface area contributed by atoms with E-state index in [-0.39, 0.29) is 5.76 Å². The predicted octanol–water partition coefficient (Wildman–Crippen LogP) is 0.474. The summed E-state index contributed by atoms with van der Waals surface area (Å²) >= 11 is 0. The molecule has 0 aliphatic rings. The average molecular weight is 165 g/mol.